The molecule has 2 heterocycles. The van der Waals surface area contributed by atoms with Gasteiger partial charge >= 0.3 is 0 Å². The Bertz CT molecular complexity index is 516. The number of nitrogen functional groups attached to an aromatic ring is 1. The van der Waals surface area contributed by atoms with Crippen LogP contribution in [-0.2, 0) is 0 Å². The van der Waals surface area contributed by atoms with Gasteiger partial charge in [-0.2, -0.15) is 0 Å². The molecule has 1 aromatic rings. The van der Waals surface area contributed by atoms with Gasteiger partial charge in [0.1, 0.15) is 10.7 Å². The number of rotatable bonds is 4. The van der Waals surface area contributed by atoms with Gasteiger partial charge in [0, 0.05) is 19.6 Å². The van der Waals surface area contributed by atoms with Gasteiger partial charge in [-0.15, -0.1) is 0 Å². The first-order valence-corrected chi connectivity index (χ1v) is 8.69. The van der Waals surface area contributed by atoms with Crippen molar-refractivity contribution < 1.29 is 4.79 Å². The predicted molar refractivity (Wildman–Crippen MR) is 86.9 cm³/mol. The SMILES string of the molecule is CC1(CNC(=O)c2sc(N3CCCCCC3)nc2N)CC1. The van der Waals surface area contributed by atoms with E-state index in [1.54, 1.807) is 0 Å². The molecule has 2 fully saturated rings. The molecule has 0 radical (unpaired) electrons. The predicted octanol–water partition coefficient (Wildman–Crippen LogP) is 2.64. The third kappa shape index (κ3) is 3.48. The van der Waals surface area contributed by atoms with Crippen LogP contribution in [0.1, 0.15) is 55.1 Å². The highest BCUT2D eigenvalue weighted by atomic mass is 32.1. The van der Waals surface area contributed by atoms with E-state index in [-0.39, 0.29) is 5.91 Å². The molecule has 5 nitrogen and oxygen atoms in total. The molecular formula is C15H24N4OS. The van der Waals surface area contributed by atoms with E-state index >= 15 is 0 Å². The normalized spacial score (nSPS) is 20.9. The van der Waals surface area contributed by atoms with Crippen LogP contribution in [0, 0.1) is 5.41 Å². The number of hydrogen-bond acceptors (Lipinski definition) is 5. The molecule has 3 N–H and O–H groups in total. The van der Waals surface area contributed by atoms with Crippen molar-refractivity contribution in [3.8, 4) is 0 Å². The summed E-state index contributed by atoms with van der Waals surface area (Å²) >= 11 is 1.43. The van der Waals surface area contributed by atoms with Crippen LogP contribution in [0.4, 0.5) is 10.9 Å². The molecule has 1 aliphatic heterocycles. The lowest BCUT2D eigenvalue weighted by Crippen LogP contribution is -2.28. The lowest BCUT2D eigenvalue weighted by Gasteiger charge is -2.18. The molecule has 1 aromatic heterocycles. The lowest BCUT2D eigenvalue weighted by atomic mass is 10.1. The topological polar surface area (TPSA) is 71.2 Å². The van der Waals surface area contributed by atoms with E-state index in [0.717, 1.165) is 24.8 Å². The number of amides is 1. The molecule has 0 unspecified atom stereocenters. The van der Waals surface area contributed by atoms with Crippen LogP contribution in [0.25, 0.3) is 0 Å². The molecule has 2 aliphatic rings. The second kappa shape index (κ2) is 5.83. The quantitative estimate of drug-likeness (QED) is 0.897. The van der Waals surface area contributed by atoms with E-state index in [1.807, 2.05) is 0 Å². The van der Waals surface area contributed by atoms with Crippen molar-refractivity contribution in [3.05, 3.63) is 4.88 Å². The smallest absolute Gasteiger partial charge is 0.265 e. The van der Waals surface area contributed by atoms with Crippen molar-refractivity contribution in [2.45, 2.75) is 45.4 Å². The van der Waals surface area contributed by atoms with Gasteiger partial charge in [0.15, 0.2) is 5.13 Å². The number of nitrogens with two attached hydrogens (primary N) is 1. The number of carbonyl (C=O) groups is 1. The van der Waals surface area contributed by atoms with Crippen molar-refractivity contribution in [2.75, 3.05) is 30.3 Å². The minimum absolute atomic E-state index is 0.0702. The molecule has 1 amide bonds. The maximum Gasteiger partial charge on any atom is 0.265 e. The number of nitrogens with zero attached hydrogens (tertiary/aromatic N) is 2. The first-order valence-electron chi connectivity index (χ1n) is 7.87. The van der Waals surface area contributed by atoms with Crippen LogP contribution < -0.4 is 16.0 Å². The number of nitrogens with one attached hydrogen (secondary N) is 1. The van der Waals surface area contributed by atoms with E-state index in [1.165, 1.54) is 49.9 Å². The van der Waals surface area contributed by atoms with Gasteiger partial charge in [0.25, 0.3) is 5.91 Å². The van der Waals surface area contributed by atoms with Crippen LogP contribution in [-0.4, -0.2) is 30.5 Å². The van der Waals surface area contributed by atoms with Gasteiger partial charge < -0.3 is 16.0 Å². The zero-order valence-electron chi connectivity index (χ0n) is 12.7. The molecule has 0 spiro atoms. The molecule has 3 rings (SSSR count). The Morgan fingerprint density at radius 3 is 2.62 bits per heavy atom. The summed E-state index contributed by atoms with van der Waals surface area (Å²) in [6.07, 6.45) is 7.35. The standard InChI is InChI=1S/C15H24N4OS/c1-15(6-7-15)10-17-13(20)11-12(16)18-14(21-11)19-8-4-2-3-5-9-19/h2-10,16H2,1H3,(H,17,20). The highest BCUT2D eigenvalue weighted by Crippen LogP contribution is 2.44. The zero-order chi connectivity index (χ0) is 14.9. The Morgan fingerprint density at radius 1 is 1.33 bits per heavy atom. The molecule has 0 bridgehead atoms. The summed E-state index contributed by atoms with van der Waals surface area (Å²) in [5, 5.41) is 3.90. The summed E-state index contributed by atoms with van der Waals surface area (Å²) in [6, 6.07) is 0. The molecule has 116 valence electrons. The first-order chi connectivity index (χ1) is 10.1. The average molecular weight is 308 g/mol. The van der Waals surface area contributed by atoms with E-state index < -0.39 is 0 Å². The third-order valence-corrected chi connectivity index (χ3v) is 5.63. The molecule has 1 saturated carbocycles. The summed E-state index contributed by atoms with van der Waals surface area (Å²) in [7, 11) is 0. The molecule has 21 heavy (non-hydrogen) atoms. The van der Waals surface area contributed by atoms with E-state index in [0.29, 0.717) is 16.1 Å². The van der Waals surface area contributed by atoms with E-state index in [2.05, 4.69) is 22.1 Å². The number of carbonyl (C=O) groups excluding carboxylic acids is 1. The maximum atomic E-state index is 12.3. The van der Waals surface area contributed by atoms with Crippen molar-refractivity contribution in [1.82, 2.24) is 10.3 Å². The highest BCUT2D eigenvalue weighted by Gasteiger charge is 2.37. The highest BCUT2D eigenvalue weighted by molar-refractivity contribution is 7.18. The fourth-order valence-electron chi connectivity index (χ4n) is 2.64. The summed E-state index contributed by atoms with van der Waals surface area (Å²) < 4.78 is 0. The van der Waals surface area contributed by atoms with Crippen molar-refractivity contribution >= 4 is 28.2 Å². The van der Waals surface area contributed by atoms with Crippen LogP contribution in [0.5, 0.6) is 0 Å². The minimum Gasteiger partial charge on any atom is -0.382 e. The number of hydrogen-bond donors (Lipinski definition) is 2. The van der Waals surface area contributed by atoms with Gasteiger partial charge in [-0.25, -0.2) is 4.98 Å². The Kier molecular flexibility index (Phi) is 4.06. The van der Waals surface area contributed by atoms with Crippen molar-refractivity contribution in [3.63, 3.8) is 0 Å². The van der Waals surface area contributed by atoms with Crippen molar-refractivity contribution in [1.29, 1.82) is 0 Å². The number of aromatic nitrogens is 1. The summed E-state index contributed by atoms with van der Waals surface area (Å²) in [5.74, 6) is 0.303. The van der Waals surface area contributed by atoms with Gasteiger partial charge in [-0.1, -0.05) is 31.1 Å². The molecule has 0 atom stereocenters. The number of thiazole rings is 1. The molecule has 0 aromatic carbocycles. The van der Waals surface area contributed by atoms with Gasteiger partial charge in [0.05, 0.1) is 0 Å². The first kappa shape index (κ1) is 14.6. The molecule has 1 aliphatic carbocycles. The Labute approximate surface area is 129 Å². The van der Waals surface area contributed by atoms with Crippen LogP contribution in [0.2, 0.25) is 0 Å². The summed E-state index contributed by atoms with van der Waals surface area (Å²) in [6.45, 7) is 4.98. The monoisotopic (exact) mass is 308 g/mol. The average Bonchev–Trinajstić information content (AvgIpc) is 3.16. The summed E-state index contributed by atoms with van der Waals surface area (Å²) in [5.41, 5.74) is 6.26. The second-order valence-corrected chi connectivity index (χ2v) is 7.58. The second-order valence-electron chi connectivity index (χ2n) is 6.61. The van der Waals surface area contributed by atoms with Crippen LogP contribution >= 0.6 is 11.3 Å². The molecular weight excluding hydrogens is 284 g/mol. The Morgan fingerprint density at radius 2 is 2.00 bits per heavy atom. The maximum absolute atomic E-state index is 12.3. The van der Waals surface area contributed by atoms with E-state index in [4.69, 9.17) is 5.73 Å². The Balaban J connectivity index is 1.66. The van der Waals surface area contributed by atoms with Gasteiger partial charge in [-0.3, -0.25) is 4.79 Å². The van der Waals surface area contributed by atoms with Gasteiger partial charge in [-0.05, 0) is 31.1 Å². The minimum atomic E-state index is -0.0702. The third-order valence-electron chi connectivity index (χ3n) is 4.50. The van der Waals surface area contributed by atoms with Gasteiger partial charge in [0.2, 0.25) is 0 Å². The number of anilines is 2. The Hall–Kier alpha value is -1.30. The zero-order valence-corrected chi connectivity index (χ0v) is 13.5. The van der Waals surface area contributed by atoms with Crippen LogP contribution in [0.3, 0.4) is 0 Å². The van der Waals surface area contributed by atoms with E-state index in [9.17, 15) is 4.79 Å². The fourth-order valence-corrected chi connectivity index (χ4v) is 3.60. The fraction of sp³-hybridized carbons (Fsp3) is 0.733. The molecule has 1 saturated heterocycles. The lowest BCUT2D eigenvalue weighted by molar-refractivity contribution is 0.0951. The van der Waals surface area contributed by atoms with Crippen molar-refractivity contribution in [2.24, 2.45) is 5.41 Å². The molecule has 6 heteroatoms. The largest absolute Gasteiger partial charge is 0.382 e. The summed E-state index contributed by atoms with van der Waals surface area (Å²) in [4.78, 5) is 19.5. The van der Waals surface area contributed by atoms with Crippen LogP contribution in [0.15, 0.2) is 0 Å².